The standard InChI is InChI=1S/C15H20Br2O/c1-10-3-5-11(6-4-10)15(17)13-8-7-12(18-2)9-14(13)16/h7-11,15H,3-6H2,1-2H3. The van der Waals surface area contributed by atoms with E-state index >= 15 is 0 Å². The molecule has 100 valence electrons. The van der Waals surface area contributed by atoms with Gasteiger partial charge in [0.1, 0.15) is 5.75 Å². The molecule has 0 radical (unpaired) electrons. The van der Waals surface area contributed by atoms with E-state index in [1.165, 1.54) is 31.2 Å². The first-order valence-electron chi connectivity index (χ1n) is 6.59. The minimum absolute atomic E-state index is 0.449. The number of ether oxygens (including phenoxy) is 1. The van der Waals surface area contributed by atoms with Crippen LogP contribution in [0.3, 0.4) is 0 Å². The lowest BCUT2D eigenvalue weighted by Crippen LogP contribution is -2.16. The van der Waals surface area contributed by atoms with Crippen LogP contribution in [0.5, 0.6) is 5.75 Å². The van der Waals surface area contributed by atoms with Crippen LogP contribution in [-0.4, -0.2) is 7.11 Å². The first-order valence-corrected chi connectivity index (χ1v) is 8.30. The first kappa shape index (κ1) is 14.4. The second-order valence-corrected chi connectivity index (χ2v) is 7.15. The third-order valence-corrected chi connectivity index (χ3v) is 5.91. The quantitative estimate of drug-likeness (QED) is 0.614. The predicted molar refractivity (Wildman–Crippen MR) is 83.5 cm³/mol. The number of alkyl halides is 1. The third kappa shape index (κ3) is 3.30. The van der Waals surface area contributed by atoms with Gasteiger partial charge in [0.2, 0.25) is 0 Å². The van der Waals surface area contributed by atoms with E-state index in [-0.39, 0.29) is 0 Å². The number of hydrogen-bond donors (Lipinski definition) is 0. The zero-order chi connectivity index (χ0) is 13.1. The van der Waals surface area contributed by atoms with Gasteiger partial charge in [0.15, 0.2) is 0 Å². The molecule has 1 nitrogen and oxygen atoms in total. The molecule has 1 saturated carbocycles. The van der Waals surface area contributed by atoms with Crippen molar-refractivity contribution >= 4 is 31.9 Å². The van der Waals surface area contributed by atoms with Crippen molar-refractivity contribution in [3.05, 3.63) is 28.2 Å². The largest absolute Gasteiger partial charge is 0.497 e. The minimum atomic E-state index is 0.449. The smallest absolute Gasteiger partial charge is 0.120 e. The lowest BCUT2D eigenvalue weighted by Gasteiger charge is -2.30. The summed E-state index contributed by atoms with van der Waals surface area (Å²) in [6, 6.07) is 6.26. The van der Waals surface area contributed by atoms with Gasteiger partial charge in [-0.15, -0.1) is 0 Å². The van der Waals surface area contributed by atoms with Crippen LogP contribution in [-0.2, 0) is 0 Å². The molecule has 0 amide bonds. The SMILES string of the molecule is COc1ccc(C(Br)C2CCC(C)CC2)c(Br)c1. The van der Waals surface area contributed by atoms with E-state index < -0.39 is 0 Å². The summed E-state index contributed by atoms with van der Waals surface area (Å²) < 4.78 is 6.39. The van der Waals surface area contributed by atoms with E-state index in [2.05, 4.69) is 50.9 Å². The Labute approximate surface area is 127 Å². The van der Waals surface area contributed by atoms with E-state index in [0.717, 1.165) is 22.1 Å². The average molecular weight is 376 g/mol. The molecule has 0 aromatic heterocycles. The van der Waals surface area contributed by atoms with Crippen molar-refractivity contribution in [2.24, 2.45) is 11.8 Å². The van der Waals surface area contributed by atoms with Gasteiger partial charge in [0.05, 0.1) is 7.11 Å². The first-order chi connectivity index (χ1) is 8.61. The maximum atomic E-state index is 5.24. The Kier molecular flexibility index (Phi) is 5.14. The summed E-state index contributed by atoms with van der Waals surface area (Å²) in [4.78, 5) is 0.449. The average Bonchev–Trinajstić information content (AvgIpc) is 2.38. The second-order valence-electron chi connectivity index (χ2n) is 5.31. The van der Waals surface area contributed by atoms with E-state index in [1.807, 2.05) is 6.07 Å². The molecule has 1 atom stereocenters. The Morgan fingerprint density at radius 2 is 1.89 bits per heavy atom. The lowest BCUT2D eigenvalue weighted by molar-refractivity contribution is 0.287. The highest BCUT2D eigenvalue weighted by atomic mass is 79.9. The van der Waals surface area contributed by atoms with Gasteiger partial charge in [-0.05, 0) is 42.4 Å². The number of benzene rings is 1. The van der Waals surface area contributed by atoms with E-state index in [9.17, 15) is 0 Å². The van der Waals surface area contributed by atoms with Crippen LogP contribution in [0.2, 0.25) is 0 Å². The molecule has 1 aromatic rings. The molecule has 1 aliphatic carbocycles. The molecule has 1 fully saturated rings. The molecule has 0 bridgehead atoms. The number of halogens is 2. The fourth-order valence-electron chi connectivity index (χ4n) is 2.69. The van der Waals surface area contributed by atoms with Gasteiger partial charge >= 0.3 is 0 Å². The van der Waals surface area contributed by atoms with Crippen molar-refractivity contribution in [3.8, 4) is 5.75 Å². The van der Waals surface area contributed by atoms with Crippen molar-refractivity contribution in [2.45, 2.75) is 37.4 Å². The van der Waals surface area contributed by atoms with Crippen LogP contribution in [0.15, 0.2) is 22.7 Å². The van der Waals surface area contributed by atoms with Gasteiger partial charge in [-0.2, -0.15) is 0 Å². The van der Waals surface area contributed by atoms with Gasteiger partial charge in [0, 0.05) is 9.30 Å². The molecular weight excluding hydrogens is 356 g/mol. The Hall–Kier alpha value is -0.0200. The number of rotatable bonds is 3. The fourth-order valence-corrected chi connectivity index (χ4v) is 4.53. The monoisotopic (exact) mass is 374 g/mol. The summed E-state index contributed by atoms with van der Waals surface area (Å²) >= 11 is 7.55. The van der Waals surface area contributed by atoms with Crippen LogP contribution < -0.4 is 4.74 Å². The van der Waals surface area contributed by atoms with Crippen molar-refractivity contribution in [1.82, 2.24) is 0 Å². The zero-order valence-electron chi connectivity index (χ0n) is 11.0. The maximum Gasteiger partial charge on any atom is 0.120 e. The van der Waals surface area contributed by atoms with Crippen LogP contribution >= 0.6 is 31.9 Å². The van der Waals surface area contributed by atoms with Crippen molar-refractivity contribution in [2.75, 3.05) is 7.11 Å². The molecular formula is C15H20Br2O. The lowest BCUT2D eigenvalue weighted by atomic mass is 9.80. The van der Waals surface area contributed by atoms with Crippen molar-refractivity contribution < 1.29 is 4.74 Å². The van der Waals surface area contributed by atoms with E-state index in [0.29, 0.717) is 4.83 Å². The predicted octanol–water partition coefficient (Wildman–Crippen LogP) is 5.72. The molecule has 0 spiro atoms. The van der Waals surface area contributed by atoms with Crippen LogP contribution in [0.25, 0.3) is 0 Å². The molecule has 0 N–H and O–H groups in total. The summed E-state index contributed by atoms with van der Waals surface area (Å²) in [5.74, 6) is 2.56. The van der Waals surface area contributed by atoms with Gasteiger partial charge in [-0.3, -0.25) is 0 Å². The third-order valence-electron chi connectivity index (χ3n) is 3.98. The zero-order valence-corrected chi connectivity index (χ0v) is 14.1. The van der Waals surface area contributed by atoms with Crippen molar-refractivity contribution in [1.29, 1.82) is 0 Å². The molecule has 2 rings (SSSR count). The highest BCUT2D eigenvalue weighted by molar-refractivity contribution is 9.11. The van der Waals surface area contributed by atoms with Gasteiger partial charge in [-0.1, -0.05) is 57.7 Å². The molecule has 0 aliphatic heterocycles. The number of methoxy groups -OCH3 is 1. The second kappa shape index (κ2) is 6.42. The molecule has 0 saturated heterocycles. The van der Waals surface area contributed by atoms with E-state index in [1.54, 1.807) is 7.11 Å². The van der Waals surface area contributed by atoms with Gasteiger partial charge in [-0.25, -0.2) is 0 Å². The van der Waals surface area contributed by atoms with Crippen LogP contribution in [0.1, 0.15) is 43.0 Å². The highest BCUT2D eigenvalue weighted by Crippen LogP contribution is 2.44. The molecule has 1 aromatic carbocycles. The molecule has 18 heavy (non-hydrogen) atoms. The Balaban J connectivity index is 2.11. The Morgan fingerprint density at radius 1 is 1.22 bits per heavy atom. The van der Waals surface area contributed by atoms with Gasteiger partial charge in [0.25, 0.3) is 0 Å². The molecule has 1 aliphatic rings. The normalized spacial score (nSPS) is 25.8. The molecule has 0 heterocycles. The summed E-state index contributed by atoms with van der Waals surface area (Å²) in [6.07, 6.45) is 5.38. The van der Waals surface area contributed by atoms with Crippen molar-refractivity contribution in [3.63, 3.8) is 0 Å². The summed E-state index contributed by atoms with van der Waals surface area (Å²) in [5.41, 5.74) is 1.34. The van der Waals surface area contributed by atoms with Crippen LogP contribution in [0, 0.1) is 11.8 Å². The molecule has 3 heteroatoms. The Morgan fingerprint density at radius 3 is 2.44 bits per heavy atom. The highest BCUT2D eigenvalue weighted by Gasteiger charge is 2.26. The molecule has 1 unspecified atom stereocenters. The summed E-state index contributed by atoms with van der Waals surface area (Å²) in [6.45, 7) is 2.36. The fraction of sp³-hybridized carbons (Fsp3) is 0.600. The van der Waals surface area contributed by atoms with E-state index in [4.69, 9.17) is 4.74 Å². The van der Waals surface area contributed by atoms with Crippen LogP contribution in [0.4, 0.5) is 0 Å². The van der Waals surface area contributed by atoms with Gasteiger partial charge < -0.3 is 4.74 Å². The summed E-state index contributed by atoms with van der Waals surface area (Å²) in [7, 11) is 1.70. The number of hydrogen-bond acceptors (Lipinski definition) is 1. The topological polar surface area (TPSA) is 9.23 Å². The maximum absolute atomic E-state index is 5.24. The Bertz CT molecular complexity index is 397. The summed E-state index contributed by atoms with van der Waals surface area (Å²) in [5, 5.41) is 0. The minimum Gasteiger partial charge on any atom is -0.497 e.